The molecule has 2 aromatic rings. The summed E-state index contributed by atoms with van der Waals surface area (Å²) in [7, 11) is 0. The first kappa shape index (κ1) is 19.5. The van der Waals surface area contributed by atoms with Crippen LogP contribution in [0.1, 0.15) is 42.9 Å². The molecule has 1 heterocycles. The number of aryl methyl sites for hydroxylation is 1. The molecule has 1 aliphatic heterocycles. The van der Waals surface area contributed by atoms with Gasteiger partial charge in [-0.3, -0.25) is 4.79 Å². The number of carbonyl (C=O) groups is 2. The van der Waals surface area contributed by atoms with Crippen molar-refractivity contribution in [3.63, 3.8) is 0 Å². The Bertz CT molecular complexity index is 846. The van der Waals surface area contributed by atoms with Crippen LogP contribution in [0.2, 0.25) is 0 Å². The molecule has 5 heteroatoms. The van der Waals surface area contributed by atoms with E-state index in [1.807, 2.05) is 30.3 Å². The van der Waals surface area contributed by atoms with Crippen LogP contribution < -0.4 is 10.6 Å². The first-order valence-electron chi connectivity index (χ1n) is 10.6. The monoisotopic (exact) mass is 391 g/mol. The van der Waals surface area contributed by atoms with E-state index in [1.54, 1.807) is 4.90 Å². The molecule has 2 unspecified atom stereocenters. The van der Waals surface area contributed by atoms with E-state index < -0.39 is 0 Å². The van der Waals surface area contributed by atoms with Crippen molar-refractivity contribution in [2.45, 2.75) is 38.6 Å². The summed E-state index contributed by atoms with van der Waals surface area (Å²) in [6.45, 7) is 3.23. The lowest BCUT2D eigenvalue weighted by Gasteiger charge is -2.33. The summed E-state index contributed by atoms with van der Waals surface area (Å²) in [5, 5.41) is 6.22. The van der Waals surface area contributed by atoms with Crippen molar-refractivity contribution in [1.29, 1.82) is 0 Å². The Morgan fingerprint density at radius 1 is 1.00 bits per heavy atom. The van der Waals surface area contributed by atoms with Gasteiger partial charge in [0.2, 0.25) is 5.91 Å². The zero-order valence-corrected chi connectivity index (χ0v) is 16.9. The Hall–Kier alpha value is -2.82. The van der Waals surface area contributed by atoms with Crippen molar-refractivity contribution in [2.75, 3.05) is 18.4 Å². The third kappa shape index (κ3) is 4.97. The highest BCUT2D eigenvalue weighted by Crippen LogP contribution is 2.41. The van der Waals surface area contributed by atoms with Crippen LogP contribution in [-0.2, 0) is 4.79 Å². The lowest BCUT2D eigenvalue weighted by atomic mass is 9.95. The van der Waals surface area contributed by atoms with Crippen molar-refractivity contribution >= 4 is 17.6 Å². The molecule has 0 bridgehead atoms. The van der Waals surface area contributed by atoms with Crippen LogP contribution >= 0.6 is 0 Å². The number of anilines is 1. The minimum Gasteiger partial charge on any atom is -0.349 e. The Morgan fingerprint density at radius 2 is 1.72 bits per heavy atom. The molecule has 0 spiro atoms. The Kier molecular flexibility index (Phi) is 5.84. The van der Waals surface area contributed by atoms with E-state index in [2.05, 4.69) is 41.8 Å². The fourth-order valence-electron chi connectivity index (χ4n) is 4.05. The number of urea groups is 1. The number of nitrogens with one attached hydrogen (secondary N) is 2. The molecular weight excluding hydrogens is 362 g/mol. The van der Waals surface area contributed by atoms with E-state index >= 15 is 0 Å². The van der Waals surface area contributed by atoms with E-state index in [9.17, 15) is 9.59 Å². The number of rotatable bonds is 5. The number of para-hydroxylation sites is 1. The summed E-state index contributed by atoms with van der Waals surface area (Å²) in [6.07, 6.45) is 4.00. The van der Waals surface area contributed by atoms with Crippen molar-refractivity contribution in [1.82, 2.24) is 10.2 Å². The van der Waals surface area contributed by atoms with Gasteiger partial charge >= 0.3 is 6.03 Å². The van der Waals surface area contributed by atoms with E-state index in [4.69, 9.17) is 0 Å². The van der Waals surface area contributed by atoms with Gasteiger partial charge in [0.05, 0.1) is 12.0 Å². The van der Waals surface area contributed by atoms with Gasteiger partial charge < -0.3 is 15.5 Å². The number of hydrogen-bond donors (Lipinski definition) is 2. The zero-order valence-electron chi connectivity index (χ0n) is 16.9. The molecule has 1 saturated heterocycles. The maximum Gasteiger partial charge on any atom is 0.321 e. The second kappa shape index (κ2) is 8.68. The normalized spacial score (nSPS) is 20.0. The first-order chi connectivity index (χ1) is 14.1. The van der Waals surface area contributed by atoms with Gasteiger partial charge in [0.1, 0.15) is 0 Å². The smallest absolute Gasteiger partial charge is 0.321 e. The second-order valence-corrected chi connectivity index (χ2v) is 8.32. The van der Waals surface area contributed by atoms with E-state index in [-0.39, 0.29) is 23.9 Å². The van der Waals surface area contributed by atoms with Crippen LogP contribution in [0.5, 0.6) is 0 Å². The molecule has 4 rings (SSSR count). The molecule has 2 fully saturated rings. The number of benzene rings is 2. The van der Waals surface area contributed by atoms with Crippen LogP contribution in [-0.4, -0.2) is 29.9 Å². The first-order valence-corrected chi connectivity index (χ1v) is 10.6. The fourth-order valence-corrected chi connectivity index (χ4v) is 4.05. The predicted octanol–water partition coefficient (Wildman–Crippen LogP) is 4.51. The van der Waals surface area contributed by atoms with Crippen LogP contribution in [0.3, 0.4) is 0 Å². The SMILES string of the molecule is Cc1ccc(C(NC(=O)C2CCCN(C(=O)Nc3ccccc3)C2)C2CC2)cc1. The maximum atomic E-state index is 13.0. The molecule has 2 N–H and O–H groups in total. The molecule has 152 valence electrons. The average Bonchev–Trinajstić information content (AvgIpc) is 3.59. The summed E-state index contributed by atoms with van der Waals surface area (Å²) in [6, 6.07) is 17.8. The topological polar surface area (TPSA) is 61.4 Å². The largest absolute Gasteiger partial charge is 0.349 e. The standard InChI is InChI=1S/C24H29N3O2/c1-17-9-11-18(12-10-17)22(19-13-14-19)26-23(28)20-6-5-15-27(16-20)24(29)25-21-7-3-2-4-8-21/h2-4,7-12,19-20,22H,5-6,13-16H2,1H3,(H,25,29)(H,26,28). The van der Waals surface area contributed by atoms with Crippen molar-refractivity contribution in [3.8, 4) is 0 Å². The highest BCUT2D eigenvalue weighted by molar-refractivity contribution is 5.90. The molecule has 3 amide bonds. The van der Waals surface area contributed by atoms with Gasteiger partial charge in [-0.25, -0.2) is 4.79 Å². The van der Waals surface area contributed by atoms with Gasteiger partial charge in [0.25, 0.3) is 0 Å². The summed E-state index contributed by atoms with van der Waals surface area (Å²) >= 11 is 0. The lowest BCUT2D eigenvalue weighted by molar-refractivity contribution is -0.127. The quantitative estimate of drug-likeness (QED) is 0.788. The molecule has 1 saturated carbocycles. The van der Waals surface area contributed by atoms with Gasteiger partial charge in [0, 0.05) is 18.8 Å². The number of amides is 3. The summed E-state index contributed by atoms with van der Waals surface area (Å²) in [4.78, 5) is 27.4. The highest BCUT2D eigenvalue weighted by atomic mass is 16.2. The summed E-state index contributed by atoms with van der Waals surface area (Å²) < 4.78 is 0. The zero-order chi connectivity index (χ0) is 20.2. The molecule has 2 atom stereocenters. The van der Waals surface area contributed by atoms with Gasteiger partial charge in [-0.15, -0.1) is 0 Å². The average molecular weight is 392 g/mol. The molecular formula is C24H29N3O2. The van der Waals surface area contributed by atoms with Crippen molar-refractivity contribution < 1.29 is 9.59 Å². The van der Waals surface area contributed by atoms with Crippen LogP contribution in [0.15, 0.2) is 54.6 Å². The third-order valence-corrected chi connectivity index (χ3v) is 5.93. The van der Waals surface area contributed by atoms with Crippen LogP contribution in [0, 0.1) is 18.8 Å². The molecule has 2 aromatic carbocycles. The fraction of sp³-hybridized carbons (Fsp3) is 0.417. The Labute approximate surface area is 172 Å². The summed E-state index contributed by atoms with van der Waals surface area (Å²) in [5.74, 6) is 0.444. The van der Waals surface area contributed by atoms with Crippen molar-refractivity contribution in [3.05, 3.63) is 65.7 Å². The molecule has 1 aliphatic carbocycles. The number of hydrogen-bond acceptors (Lipinski definition) is 2. The van der Waals surface area contributed by atoms with Gasteiger partial charge in [-0.05, 0) is 56.2 Å². The third-order valence-electron chi connectivity index (χ3n) is 5.93. The van der Waals surface area contributed by atoms with Crippen LogP contribution in [0.25, 0.3) is 0 Å². The van der Waals surface area contributed by atoms with Gasteiger partial charge in [0.15, 0.2) is 0 Å². The van der Waals surface area contributed by atoms with Gasteiger partial charge in [-0.2, -0.15) is 0 Å². The van der Waals surface area contributed by atoms with E-state index in [0.29, 0.717) is 19.0 Å². The maximum absolute atomic E-state index is 13.0. The lowest BCUT2D eigenvalue weighted by Crippen LogP contribution is -2.47. The molecule has 0 radical (unpaired) electrons. The Morgan fingerprint density at radius 3 is 2.41 bits per heavy atom. The molecule has 0 aromatic heterocycles. The number of piperidine rings is 1. The second-order valence-electron chi connectivity index (χ2n) is 8.32. The number of likely N-dealkylation sites (tertiary alicyclic amines) is 1. The Balaban J connectivity index is 1.37. The summed E-state index contributed by atoms with van der Waals surface area (Å²) in [5.41, 5.74) is 3.18. The number of nitrogens with zero attached hydrogens (tertiary/aromatic N) is 1. The van der Waals surface area contributed by atoms with Crippen LogP contribution in [0.4, 0.5) is 10.5 Å². The van der Waals surface area contributed by atoms with E-state index in [1.165, 1.54) is 11.1 Å². The molecule has 29 heavy (non-hydrogen) atoms. The minimum absolute atomic E-state index is 0.0692. The minimum atomic E-state index is -0.156. The molecule has 2 aliphatic rings. The van der Waals surface area contributed by atoms with Gasteiger partial charge in [-0.1, -0.05) is 48.0 Å². The number of carbonyl (C=O) groups excluding carboxylic acids is 2. The predicted molar refractivity (Wildman–Crippen MR) is 115 cm³/mol. The van der Waals surface area contributed by atoms with Crippen molar-refractivity contribution in [2.24, 2.45) is 11.8 Å². The van der Waals surface area contributed by atoms with E-state index in [0.717, 1.165) is 31.4 Å². The molecule has 5 nitrogen and oxygen atoms in total. The highest BCUT2D eigenvalue weighted by Gasteiger charge is 2.36.